The van der Waals surface area contributed by atoms with Crippen LogP contribution in [0.25, 0.3) is 0 Å². The summed E-state index contributed by atoms with van der Waals surface area (Å²) in [5, 5.41) is 4.60. The number of urea groups is 1. The molecular weight excluding hydrogens is 194 g/mol. The molecule has 4 N–H and O–H groups in total. The van der Waals surface area contributed by atoms with Gasteiger partial charge in [-0.1, -0.05) is 6.08 Å². The molecule has 0 radical (unpaired) electrons. The highest BCUT2D eigenvalue weighted by atomic mass is 35.5. The largest absolute Gasteiger partial charge is 0.328 e. The van der Waals surface area contributed by atoms with E-state index in [9.17, 15) is 9.59 Å². The van der Waals surface area contributed by atoms with E-state index in [2.05, 4.69) is 17.2 Å². The number of hydrogen-bond donors (Lipinski definition) is 3. The van der Waals surface area contributed by atoms with Crippen molar-refractivity contribution in [2.45, 2.75) is 12.0 Å². The number of nitrogens with two attached hydrogens (primary N) is 1. The Balaban J connectivity index is 0.00000144. The number of nitrogens with one attached hydrogen (secondary N) is 2. The van der Waals surface area contributed by atoms with Gasteiger partial charge in [0.25, 0.3) is 5.91 Å². The number of amides is 3. The third-order valence-electron chi connectivity index (χ3n) is 1.86. The highest BCUT2D eigenvalue weighted by Crippen LogP contribution is 2.13. The molecule has 6 heteroatoms. The normalized spacial score (nSPS) is 25.9. The highest BCUT2D eigenvalue weighted by Gasteiger charge is 2.43. The zero-order chi connectivity index (χ0) is 9.19. The molecule has 0 aromatic carbocycles. The lowest BCUT2D eigenvalue weighted by Gasteiger charge is -2.21. The standard InChI is InChI=1S/C7H11N3O2.ClH/c1-2-3-7(4-8)5(11)9-6(12)10-7;/h2H,1,3-4,8H2,(H2,9,10,11,12);1H. The van der Waals surface area contributed by atoms with Crippen LogP contribution in [0.4, 0.5) is 4.79 Å². The lowest BCUT2D eigenvalue weighted by atomic mass is 9.96. The van der Waals surface area contributed by atoms with Crippen LogP contribution >= 0.6 is 12.4 Å². The number of carbonyl (C=O) groups excluding carboxylic acids is 2. The molecule has 1 rings (SSSR count). The molecule has 5 nitrogen and oxygen atoms in total. The van der Waals surface area contributed by atoms with Crippen molar-refractivity contribution in [2.24, 2.45) is 5.73 Å². The average molecular weight is 206 g/mol. The van der Waals surface area contributed by atoms with E-state index < -0.39 is 11.6 Å². The molecule has 1 saturated heterocycles. The molecule has 1 fully saturated rings. The second-order valence-electron chi connectivity index (χ2n) is 2.69. The Morgan fingerprint density at radius 3 is 2.46 bits per heavy atom. The smallest absolute Gasteiger partial charge is 0.322 e. The maximum atomic E-state index is 11.2. The van der Waals surface area contributed by atoms with E-state index in [0.29, 0.717) is 6.42 Å². The summed E-state index contributed by atoms with van der Waals surface area (Å²) >= 11 is 0. The van der Waals surface area contributed by atoms with Crippen molar-refractivity contribution in [3.63, 3.8) is 0 Å². The Morgan fingerprint density at radius 1 is 1.54 bits per heavy atom. The lowest BCUT2D eigenvalue weighted by molar-refractivity contribution is -0.123. The third kappa shape index (κ3) is 1.99. The molecule has 1 aliphatic rings. The van der Waals surface area contributed by atoms with Crippen LogP contribution in [0.2, 0.25) is 0 Å². The van der Waals surface area contributed by atoms with Gasteiger partial charge in [-0.25, -0.2) is 4.79 Å². The van der Waals surface area contributed by atoms with Gasteiger partial charge in [-0.3, -0.25) is 10.1 Å². The molecule has 0 aromatic rings. The number of halogens is 1. The van der Waals surface area contributed by atoms with Crippen molar-refractivity contribution in [1.82, 2.24) is 10.6 Å². The summed E-state index contributed by atoms with van der Waals surface area (Å²) in [5.74, 6) is -0.380. The van der Waals surface area contributed by atoms with Gasteiger partial charge in [-0.15, -0.1) is 19.0 Å². The van der Waals surface area contributed by atoms with Gasteiger partial charge >= 0.3 is 6.03 Å². The number of carbonyl (C=O) groups is 2. The van der Waals surface area contributed by atoms with E-state index in [1.165, 1.54) is 0 Å². The molecule has 1 heterocycles. The first kappa shape index (κ1) is 11.9. The summed E-state index contributed by atoms with van der Waals surface area (Å²) < 4.78 is 0. The Hall–Kier alpha value is -1.07. The Morgan fingerprint density at radius 2 is 2.15 bits per heavy atom. The molecule has 13 heavy (non-hydrogen) atoms. The van der Waals surface area contributed by atoms with Crippen molar-refractivity contribution in [3.8, 4) is 0 Å². The molecule has 0 aliphatic carbocycles. The molecule has 0 saturated carbocycles. The molecule has 0 aromatic heterocycles. The first-order valence-electron chi connectivity index (χ1n) is 3.59. The van der Waals surface area contributed by atoms with Crippen LogP contribution in [0.1, 0.15) is 6.42 Å². The summed E-state index contributed by atoms with van der Waals surface area (Å²) in [7, 11) is 0. The first-order chi connectivity index (χ1) is 5.64. The van der Waals surface area contributed by atoms with Crippen LogP contribution in [0.5, 0.6) is 0 Å². The number of imide groups is 1. The van der Waals surface area contributed by atoms with Crippen LogP contribution in [0, 0.1) is 0 Å². The third-order valence-corrected chi connectivity index (χ3v) is 1.86. The molecule has 1 atom stereocenters. The van der Waals surface area contributed by atoms with Crippen LogP contribution in [-0.4, -0.2) is 24.0 Å². The van der Waals surface area contributed by atoms with E-state index >= 15 is 0 Å². The highest BCUT2D eigenvalue weighted by molar-refractivity contribution is 6.07. The monoisotopic (exact) mass is 205 g/mol. The van der Waals surface area contributed by atoms with Gasteiger partial charge in [-0.2, -0.15) is 0 Å². The first-order valence-corrected chi connectivity index (χ1v) is 3.59. The van der Waals surface area contributed by atoms with E-state index in [4.69, 9.17) is 5.73 Å². The summed E-state index contributed by atoms with van der Waals surface area (Å²) in [5.41, 5.74) is 4.41. The maximum absolute atomic E-state index is 11.2. The molecule has 3 amide bonds. The minimum Gasteiger partial charge on any atom is -0.328 e. The predicted octanol–water partition coefficient (Wildman–Crippen LogP) is -0.479. The molecule has 74 valence electrons. The summed E-state index contributed by atoms with van der Waals surface area (Å²) in [6.07, 6.45) is 1.90. The van der Waals surface area contributed by atoms with Crippen molar-refractivity contribution in [1.29, 1.82) is 0 Å². The van der Waals surface area contributed by atoms with Gasteiger partial charge in [0.05, 0.1) is 0 Å². The minimum atomic E-state index is -0.973. The number of rotatable bonds is 3. The quantitative estimate of drug-likeness (QED) is 0.430. The maximum Gasteiger partial charge on any atom is 0.322 e. The fraction of sp³-hybridized carbons (Fsp3) is 0.429. The van der Waals surface area contributed by atoms with Gasteiger partial charge in [0.1, 0.15) is 5.54 Å². The van der Waals surface area contributed by atoms with E-state index in [-0.39, 0.29) is 24.9 Å². The summed E-state index contributed by atoms with van der Waals surface area (Å²) in [4.78, 5) is 22.0. The van der Waals surface area contributed by atoms with Crippen molar-refractivity contribution in [3.05, 3.63) is 12.7 Å². The Bertz CT molecular complexity index is 244. The van der Waals surface area contributed by atoms with Crippen molar-refractivity contribution in [2.75, 3.05) is 6.54 Å². The Kier molecular flexibility index (Phi) is 3.90. The van der Waals surface area contributed by atoms with Gasteiger partial charge in [0.15, 0.2) is 0 Å². The molecule has 1 aliphatic heterocycles. The van der Waals surface area contributed by atoms with Crippen LogP contribution in [0.15, 0.2) is 12.7 Å². The van der Waals surface area contributed by atoms with Crippen molar-refractivity contribution >= 4 is 24.3 Å². The lowest BCUT2D eigenvalue weighted by Crippen LogP contribution is -2.52. The molecule has 0 bridgehead atoms. The average Bonchev–Trinajstić information content (AvgIpc) is 2.28. The van der Waals surface area contributed by atoms with Crippen LogP contribution in [-0.2, 0) is 4.79 Å². The van der Waals surface area contributed by atoms with Crippen molar-refractivity contribution < 1.29 is 9.59 Å². The molecule has 1 unspecified atom stereocenters. The molecule has 0 spiro atoms. The number of hydrogen-bond acceptors (Lipinski definition) is 3. The fourth-order valence-electron chi connectivity index (χ4n) is 1.15. The van der Waals surface area contributed by atoms with E-state index in [1.807, 2.05) is 0 Å². The zero-order valence-corrected chi connectivity index (χ0v) is 7.82. The van der Waals surface area contributed by atoms with Crippen LogP contribution < -0.4 is 16.4 Å². The second-order valence-corrected chi connectivity index (χ2v) is 2.69. The van der Waals surface area contributed by atoms with Gasteiger partial charge in [-0.05, 0) is 6.42 Å². The topological polar surface area (TPSA) is 84.2 Å². The van der Waals surface area contributed by atoms with E-state index in [1.54, 1.807) is 6.08 Å². The summed E-state index contributed by atoms with van der Waals surface area (Å²) in [6, 6.07) is -0.493. The van der Waals surface area contributed by atoms with Crippen LogP contribution in [0.3, 0.4) is 0 Å². The molecular formula is C7H12ClN3O2. The zero-order valence-electron chi connectivity index (χ0n) is 7.00. The van der Waals surface area contributed by atoms with Gasteiger partial charge in [0, 0.05) is 6.54 Å². The summed E-state index contributed by atoms with van der Waals surface area (Å²) in [6.45, 7) is 3.57. The van der Waals surface area contributed by atoms with Gasteiger partial charge in [0.2, 0.25) is 0 Å². The van der Waals surface area contributed by atoms with E-state index in [0.717, 1.165) is 0 Å². The minimum absolute atomic E-state index is 0. The Labute approximate surface area is 82.1 Å². The fourth-order valence-corrected chi connectivity index (χ4v) is 1.15. The second kappa shape index (κ2) is 4.25. The predicted molar refractivity (Wildman–Crippen MR) is 50.5 cm³/mol. The van der Waals surface area contributed by atoms with Gasteiger partial charge < -0.3 is 11.1 Å². The SMILES string of the molecule is C=CCC1(CN)NC(=O)NC1=O.Cl.